The number of nitrogens with zero attached hydrogens (tertiary/aromatic N) is 3. The smallest absolute Gasteiger partial charge is 0.263 e. The predicted molar refractivity (Wildman–Crippen MR) is 112 cm³/mol. The lowest BCUT2D eigenvalue weighted by molar-refractivity contribution is -0.138. The van der Waals surface area contributed by atoms with Gasteiger partial charge in [-0.05, 0) is 67.8 Å². The van der Waals surface area contributed by atoms with Gasteiger partial charge >= 0.3 is 0 Å². The van der Waals surface area contributed by atoms with Crippen LogP contribution in [-0.4, -0.2) is 34.1 Å². The average molecular weight is 414 g/mol. The molecule has 0 aliphatic rings. The van der Waals surface area contributed by atoms with Gasteiger partial charge in [-0.25, -0.2) is 0 Å². The first kappa shape index (κ1) is 20.9. The van der Waals surface area contributed by atoms with E-state index in [1.165, 1.54) is 4.90 Å². The van der Waals surface area contributed by atoms with Gasteiger partial charge in [-0.2, -0.15) is 4.98 Å². The summed E-state index contributed by atoms with van der Waals surface area (Å²) in [4.78, 5) is 18.8. The van der Waals surface area contributed by atoms with Crippen LogP contribution in [0.25, 0.3) is 11.4 Å². The summed E-state index contributed by atoms with van der Waals surface area (Å²) in [6.07, 6.45) is -0.0319. The molecule has 0 radical (unpaired) electrons. The normalized spacial score (nSPS) is 11.9. The first-order chi connectivity index (χ1) is 13.9. The van der Waals surface area contributed by atoms with Crippen LogP contribution in [-0.2, 0) is 11.3 Å². The topological polar surface area (TPSA) is 68.5 Å². The van der Waals surface area contributed by atoms with Gasteiger partial charge in [0, 0.05) is 17.6 Å². The van der Waals surface area contributed by atoms with Gasteiger partial charge < -0.3 is 14.2 Å². The summed E-state index contributed by atoms with van der Waals surface area (Å²) < 4.78 is 11.3. The summed E-state index contributed by atoms with van der Waals surface area (Å²) in [6.45, 7) is 6.13. The Morgan fingerprint density at radius 1 is 1.17 bits per heavy atom. The maximum absolute atomic E-state index is 12.9. The van der Waals surface area contributed by atoms with Crippen LogP contribution in [0.1, 0.15) is 30.4 Å². The standard InChI is InChI=1S/C22H24ClN3O3/c1-5-19(28-18-11-14(2)10-15(3)12-18)22(27)26(4)13-20-24-21(25-29-20)16-6-8-17(23)9-7-16/h6-12,19H,5,13H2,1-4H3/t19-/m0/s1. The highest BCUT2D eigenvalue weighted by Crippen LogP contribution is 2.21. The molecule has 6 nitrogen and oxygen atoms in total. The predicted octanol–water partition coefficient (Wildman–Crippen LogP) is 4.82. The summed E-state index contributed by atoms with van der Waals surface area (Å²) in [6, 6.07) is 13.1. The Hall–Kier alpha value is -2.86. The second-order valence-corrected chi connectivity index (χ2v) is 7.49. The zero-order chi connectivity index (χ0) is 21.0. The van der Waals surface area contributed by atoms with E-state index in [-0.39, 0.29) is 12.5 Å². The first-order valence-corrected chi connectivity index (χ1v) is 9.82. The monoisotopic (exact) mass is 413 g/mol. The van der Waals surface area contributed by atoms with Crippen molar-refractivity contribution in [1.82, 2.24) is 15.0 Å². The summed E-state index contributed by atoms with van der Waals surface area (Å²) in [7, 11) is 1.70. The van der Waals surface area contributed by atoms with Crippen molar-refractivity contribution in [2.75, 3.05) is 7.05 Å². The highest BCUT2D eigenvalue weighted by atomic mass is 35.5. The van der Waals surface area contributed by atoms with Crippen molar-refractivity contribution in [2.24, 2.45) is 0 Å². The Morgan fingerprint density at radius 2 is 1.83 bits per heavy atom. The number of amides is 1. The number of carbonyl (C=O) groups is 1. The Kier molecular flexibility index (Phi) is 6.54. The maximum Gasteiger partial charge on any atom is 0.263 e. The average Bonchev–Trinajstić information content (AvgIpc) is 3.13. The van der Waals surface area contributed by atoms with Crippen molar-refractivity contribution < 1.29 is 14.1 Å². The lowest BCUT2D eigenvalue weighted by Gasteiger charge is -2.23. The van der Waals surface area contributed by atoms with E-state index in [1.54, 1.807) is 19.2 Å². The molecule has 0 bridgehead atoms. The van der Waals surface area contributed by atoms with Crippen molar-refractivity contribution >= 4 is 17.5 Å². The van der Waals surface area contributed by atoms with Crippen LogP contribution in [0.5, 0.6) is 5.75 Å². The summed E-state index contributed by atoms with van der Waals surface area (Å²) in [5.74, 6) is 1.36. The number of rotatable bonds is 7. The highest BCUT2D eigenvalue weighted by molar-refractivity contribution is 6.30. The second kappa shape index (κ2) is 9.09. The quantitative estimate of drug-likeness (QED) is 0.555. The summed E-state index contributed by atoms with van der Waals surface area (Å²) in [5.41, 5.74) is 2.98. The molecule has 0 fully saturated rings. The van der Waals surface area contributed by atoms with E-state index in [1.807, 2.05) is 45.0 Å². The minimum Gasteiger partial charge on any atom is -0.481 e. The van der Waals surface area contributed by atoms with Gasteiger partial charge in [-0.1, -0.05) is 29.7 Å². The summed E-state index contributed by atoms with van der Waals surface area (Å²) in [5, 5.41) is 4.62. The molecule has 0 saturated carbocycles. The van der Waals surface area contributed by atoms with Crippen molar-refractivity contribution in [3.8, 4) is 17.1 Å². The van der Waals surface area contributed by atoms with Gasteiger partial charge in [-0.3, -0.25) is 4.79 Å². The minimum atomic E-state index is -0.583. The molecule has 29 heavy (non-hydrogen) atoms. The van der Waals surface area contributed by atoms with Gasteiger partial charge in [-0.15, -0.1) is 0 Å². The van der Waals surface area contributed by atoms with Crippen molar-refractivity contribution in [3.63, 3.8) is 0 Å². The van der Waals surface area contributed by atoms with E-state index < -0.39 is 6.10 Å². The molecule has 1 atom stereocenters. The van der Waals surface area contributed by atoms with E-state index >= 15 is 0 Å². The van der Waals surface area contributed by atoms with Crippen molar-refractivity contribution in [2.45, 2.75) is 39.8 Å². The van der Waals surface area contributed by atoms with Crippen molar-refractivity contribution in [1.29, 1.82) is 0 Å². The number of halogens is 1. The van der Waals surface area contributed by atoms with Gasteiger partial charge in [0.2, 0.25) is 11.7 Å². The molecular weight excluding hydrogens is 390 g/mol. The molecule has 0 spiro atoms. The van der Waals surface area contributed by atoms with Gasteiger partial charge in [0.05, 0.1) is 6.54 Å². The molecule has 1 heterocycles. The van der Waals surface area contributed by atoms with Crippen LogP contribution in [0.4, 0.5) is 0 Å². The Bertz CT molecular complexity index is 965. The largest absolute Gasteiger partial charge is 0.481 e. The number of hydrogen-bond acceptors (Lipinski definition) is 5. The Balaban J connectivity index is 1.66. The van der Waals surface area contributed by atoms with Crippen LogP contribution >= 0.6 is 11.6 Å². The lowest BCUT2D eigenvalue weighted by Crippen LogP contribution is -2.39. The third-order valence-corrected chi connectivity index (χ3v) is 4.69. The van der Waals surface area contributed by atoms with Crippen molar-refractivity contribution in [3.05, 3.63) is 64.5 Å². The van der Waals surface area contributed by atoms with Crippen LogP contribution < -0.4 is 4.74 Å². The maximum atomic E-state index is 12.9. The fraction of sp³-hybridized carbons (Fsp3) is 0.318. The van der Waals surface area contributed by atoms with Gasteiger partial charge in [0.25, 0.3) is 5.91 Å². The van der Waals surface area contributed by atoms with E-state index in [9.17, 15) is 4.79 Å². The number of carbonyl (C=O) groups excluding carboxylic acids is 1. The van der Waals surface area contributed by atoms with Crippen LogP contribution in [0, 0.1) is 13.8 Å². The molecular formula is C22H24ClN3O3. The molecule has 0 N–H and O–H groups in total. The molecule has 1 aromatic heterocycles. The number of aromatic nitrogens is 2. The summed E-state index contributed by atoms with van der Waals surface area (Å²) >= 11 is 5.91. The molecule has 152 valence electrons. The molecule has 0 saturated heterocycles. The number of ether oxygens (including phenoxy) is 1. The van der Waals surface area contributed by atoms with E-state index in [2.05, 4.69) is 16.2 Å². The zero-order valence-electron chi connectivity index (χ0n) is 17.0. The zero-order valence-corrected chi connectivity index (χ0v) is 17.7. The fourth-order valence-corrected chi connectivity index (χ4v) is 3.16. The van der Waals surface area contributed by atoms with Gasteiger partial charge in [0.15, 0.2) is 6.10 Å². The second-order valence-electron chi connectivity index (χ2n) is 7.05. The Morgan fingerprint density at radius 3 is 2.45 bits per heavy atom. The van der Waals surface area contributed by atoms with Crippen LogP contribution in [0.2, 0.25) is 5.02 Å². The number of aryl methyl sites for hydroxylation is 2. The molecule has 7 heteroatoms. The molecule has 0 aliphatic carbocycles. The molecule has 0 unspecified atom stereocenters. The number of hydrogen-bond donors (Lipinski definition) is 0. The number of likely N-dealkylation sites (N-methyl/N-ethyl adjacent to an activating group) is 1. The fourth-order valence-electron chi connectivity index (χ4n) is 3.04. The minimum absolute atomic E-state index is 0.141. The van der Waals surface area contributed by atoms with E-state index in [0.29, 0.717) is 28.9 Å². The third kappa shape index (κ3) is 5.35. The Labute approximate surface area is 175 Å². The SMILES string of the molecule is CC[C@H](Oc1cc(C)cc(C)c1)C(=O)N(C)Cc1nc(-c2ccc(Cl)cc2)no1. The van der Waals surface area contributed by atoms with Crippen LogP contribution in [0.15, 0.2) is 47.0 Å². The lowest BCUT2D eigenvalue weighted by atomic mass is 10.1. The van der Waals surface area contributed by atoms with E-state index in [0.717, 1.165) is 16.7 Å². The molecule has 0 aliphatic heterocycles. The van der Waals surface area contributed by atoms with Gasteiger partial charge in [0.1, 0.15) is 5.75 Å². The molecule has 2 aromatic carbocycles. The first-order valence-electron chi connectivity index (χ1n) is 9.44. The number of benzene rings is 2. The molecule has 3 aromatic rings. The highest BCUT2D eigenvalue weighted by Gasteiger charge is 2.24. The van der Waals surface area contributed by atoms with E-state index in [4.69, 9.17) is 20.9 Å². The van der Waals surface area contributed by atoms with Crippen LogP contribution in [0.3, 0.4) is 0 Å². The third-order valence-electron chi connectivity index (χ3n) is 4.44. The molecule has 1 amide bonds. The molecule has 3 rings (SSSR count).